The van der Waals surface area contributed by atoms with Crippen molar-refractivity contribution in [2.75, 3.05) is 25.4 Å². The lowest BCUT2D eigenvalue weighted by Gasteiger charge is -2.37. The third kappa shape index (κ3) is 4.61. The zero-order valence-electron chi connectivity index (χ0n) is 14.3. The van der Waals surface area contributed by atoms with Crippen molar-refractivity contribution in [3.05, 3.63) is 35.9 Å². The van der Waals surface area contributed by atoms with Crippen LogP contribution in [0.4, 0.5) is 0 Å². The second-order valence-electron chi connectivity index (χ2n) is 6.94. The van der Waals surface area contributed by atoms with E-state index in [-0.39, 0.29) is 11.0 Å². The molecule has 0 N–H and O–H groups in total. The number of hydrogen-bond acceptors (Lipinski definition) is 4. The van der Waals surface area contributed by atoms with Crippen LogP contribution in [0.15, 0.2) is 30.3 Å². The molecule has 0 saturated carbocycles. The van der Waals surface area contributed by atoms with Gasteiger partial charge in [-0.05, 0) is 30.9 Å². The van der Waals surface area contributed by atoms with E-state index in [1.165, 1.54) is 17.3 Å². The first kappa shape index (κ1) is 17.5. The molecule has 2 fully saturated rings. The fourth-order valence-electron chi connectivity index (χ4n) is 3.78. The van der Waals surface area contributed by atoms with Gasteiger partial charge in [0.1, 0.15) is 0 Å². The molecule has 1 unspecified atom stereocenters. The van der Waals surface area contributed by atoms with Gasteiger partial charge in [-0.3, -0.25) is 14.5 Å². The lowest BCUT2D eigenvalue weighted by molar-refractivity contribution is -0.130. The van der Waals surface area contributed by atoms with Crippen LogP contribution in [0.3, 0.4) is 0 Å². The smallest absolute Gasteiger partial charge is 0.223 e. The Bertz CT molecular complexity index is 578. The van der Waals surface area contributed by atoms with Gasteiger partial charge >= 0.3 is 0 Å². The quantitative estimate of drug-likeness (QED) is 0.822. The molecule has 0 radical (unpaired) electrons. The normalized spacial score (nSPS) is 25.2. The molecule has 1 aromatic carbocycles. The molecule has 0 bridgehead atoms. The van der Waals surface area contributed by atoms with Gasteiger partial charge in [0.25, 0.3) is 0 Å². The van der Waals surface area contributed by atoms with Crippen molar-refractivity contribution >= 4 is 22.8 Å². The van der Waals surface area contributed by atoms with Crippen molar-refractivity contribution in [3.63, 3.8) is 0 Å². The molecule has 2 heterocycles. The van der Waals surface area contributed by atoms with Gasteiger partial charge in [0, 0.05) is 44.8 Å². The number of thioether (sulfide) groups is 1. The summed E-state index contributed by atoms with van der Waals surface area (Å²) < 4.78 is 0. The van der Waals surface area contributed by atoms with Crippen molar-refractivity contribution < 1.29 is 9.59 Å². The Balaban J connectivity index is 1.54. The van der Waals surface area contributed by atoms with Crippen LogP contribution in [-0.2, 0) is 16.1 Å². The standard InChI is InChI=1S/C19H26N2O2S/c1-15(22)24-14-17-10-19(23)21(12-17)18-8-5-9-20(13-18)11-16-6-3-2-4-7-16/h2-4,6-7,17-18H,5,8-14H2,1H3/t17?,18-/m1/s1. The highest BCUT2D eigenvalue weighted by Gasteiger charge is 2.36. The molecular weight excluding hydrogens is 320 g/mol. The summed E-state index contributed by atoms with van der Waals surface area (Å²) in [7, 11) is 0. The topological polar surface area (TPSA) is 40.6 Å². The van der Waals surface area contributed by atoms with Gasteiger partial charge in [-0.1, -0.05) is 42.1 Å². The number of carbonyl (C=O) groups is 2. The van der Waals surface area contributed by atoms with Crippen LogP contribution in [0.5, 0.6) is 0 Å². The summed E-state index contributed by atoms with van der Waals surface area (Å²) in [5.41, 5.74) is 1.33. The molecule has 2 saturated heterocycles. The summed E-state index contributed by atoms with van der Waals surface area (Å²) in [6, 6.07) is 10.9. The first-order chi connectivity index (χ1) is 11.6. The minimum absolute atomic E-state index is 0.146. The number of carbonyl (C=O) groups excluding carboxylic acids is 2. The van der Waals surface area contributed by atoms with Crippen LogP contribution >= 0.6 is 11.8 Å². The van der Waals surface area contributed by atoms with Gasteiger partial charge in [-0.25, -0.2) is 0 Å². The number of hydrogen-bond donors (Lipinski definition) is 0. The van der Waals surface area contributed by atoms with E-state index < -0.39 is 0 Å². The van der Waals surface area contributed by atoms with Gasteiger partial charge in [0.2, 0.25) is 5.91 Å². The van der Waals surface area contributed by atoms with Crippen LogP contribution in [0.1, 0.15) is 31.7 Å². The zero-order valence-corrected chi connectivity index (χ0v) is 15.1. The minimum Gasteiger partial charge on any atom is -0.338 e. The SMILES string of the molecule is CC(=O)SCC1CC(=O)N([C@@H]2CCCN(Cc3ccccc3)C2)C1. The van der Waals surface area contributed by atoms with E-state index >= 15 is 0 Å². The molecule has 0 aliphatic carbocycles. The highest BCUT2D eigenvalue weighted by molar-refractivity contribution is 8.13. The Morgan fingerprint density at radius 3 is 2.79 bits per heavy atom. The zero-order chi connectivity index (χ0) is 16.9. The maximum absolute atomic E-state index is 12.4. The van der Waals surface area contributed by atoms with Crippen LogP contribution in [0.25, 0.3) is 0 Å². The summed E-state index contributed by atoms with van der Waals surface area (Å²) in [5.74, 6) is 1.38. The Morgan fingerprint density at radius 1 is 1.25 bits per heavy atom. The molecule has 1 amide bonds. The van der Waals surface area contributed by atoms with Crippen molar-refractivity contribution in [1.29, 1.82) is 0 Å². The summed E-state index contributed by atoms with van der Waals surface area (Å²) >= 11 is 1.35. The molecule has 2 aliphatic rings. The molecule has 130 valence electrons. The molecule has 5 heteroatoms. The fraction of sp³-hybridized carbons (Fsp3) is 0.579. The molecular formula is C19H26N2O2S. The second kappa shape index (κ2) is 8.17. The monoisotopic (exact) mass is 346 g/mol. The third-order valence-electron chi connectivity index (χ3n) is 4.93. The third-order valence-corrected chi connectivity index (χ3v) is 5.98. The summed E-state index contributed by atoms with van der Waals surface area (Å²) in [6.45, 7) is 5.46. The number of benzene rings is 1. The van der Waals surface area contributed by atoms with Gasteiger partial charge < -0.3 is 4.90 Å². The van der Waals surface area contributed by atoms with Crippen LogP contribution in [0.2, 0.25) is 0 Å². The highest BCUT2D eigenvalue weighted by Crippen LogP contribution is 2.27. The first-order valence-corrected chi connectivity index (χ1v) is 9.79. The van der Waals surface area contributed by atoms with Crippen molar-refractivity contribution in [2.24, 2.45) is 5.92 Å². The van der Waals surface area contributed by atoms with E-state index in [9.17, 15) is 9.59 Å². The van der Waals surface area contributed by atoms with E-state index in [1.807, 2.05) is 6.07 Å². The Hall–Kier alpha value is -1.33. The van der Waals surface area contributed by atoms with Gasteiger partial charge in [-0.2, -0.15) is 0 Å². The average molecular weight is 346 g/mol. The van der Waals surface area contributed by atoms with Crippen molar-refractivity contribution in [2.45, 2.75) is 38.8 Å². The Labute approximate surface area is 148 Å². The van der Waals surface area contributed by atoms with Gasteiger partial charge in [0.15, 0.2) is 5.12 Å². The maximum Gasteiger partial charge on any atom is 0.223 e. The van der Waals surface area contributed by atoms with Crippen LogP contribution in [0, 0.1) is 5.92 Å². The van der Waals surface area contributed by atoms with E-state index in [2.05, 4.69) is 34.1 Å². The number of rotatable bonds is 5. The molecule has 0 aromatic heterocycles. The lowest BCUT2D eigenvalue weighted by atomic mass is 10.0. The highest BCUT2D eigenvalue weighted by atomic mass is 32.2. The molecule has 4 nitrogen and oxygen atoms in total. The van der Waals surface area contributed by atoms with Gasteiger partial charge in [-0.15, -0.1) is 0 Å². The predicted molar refractivity (Wildman–Crippen MR) is 97.7 cm³/mol. The maximum atomic E-state index is 12.4. The Morgan fingerprint density at radius 2 is 2.04 bits per heavy atom. The van der Waals surface area contributed by atoms with E-state index in [0.29, 0.717) is 18.4 Å². The van der Waals surface area contributed by atoms with E-state index in [4.69, 9.17) is 0 Å². The van der Waals surface area contributed by atoms with Crippen LogP contribution in [-0.4, -0.2) is 52.3 Å². The number of likely N-dealkylation sites (tertiary alicyclic amines) is 2. The summed E-state index contributed by atoms with van der Waals surface area (Å²) in [6.07, 6.45) is 2.85. The summed E-state index contributed by atoms with van der Waals surface area (Å²) in [5, 5.41) is 0.146. The second-order valence-corrected chi connectivity index (χ2v) is 8.13. The van der Waals surface area contributed by atoms with E-state index in [1.54, 1.807) is 6.92 Å². The largest absolute Gasteiger partial charge is 0.338 e. The van der Waals surface area contributed by atoms with Crippen molar-refractivity contribution in [1.82, 2.24) is 9.80 Å². The summed E-state index contributed by atoms with van der Waals surface area (Å²) in [4.78, 5) is 28.1. The first-order valence-electron chi connectivity index (χ1n) is 8.81. The molecule has 24 heavy (non-hydrogen) atoms. The lowest BCUT2D eigenvalue weighted by Crippen LogP contribution is -2.48. The molecule has 2 aliphatic heterocycles. The number of nitrogens with zero attached hydrogens (tertiary/aromatic N) is 2. The van der Waals surface area contributed by atoms with Crippen molar-refractivity contribution in [3.8, 4) is 0 Å². The number of amides is 1. The van der Waals surface area contributed by atoms with E-state index in [0.717, 1.165) is 44.8 Å². The molecule has 0 spiro atoms. The number of piperidine rings is 1. The minimum atomic E-state index is 0.146. The fourth-order valence-corrected chi connectivity index (χ4v) is 4.47. The van der Waals surface area contributed by atoms with Gasteiger partial charge in [0.05, 0.1) is 0 Å². The predicted octanol–water partition coefficient (Wildman–Crippen LogP) is 2.78. The molecule has 1 aromatic rings. The van der Waals surface area contributed by atoms with Crippen LogP contribution < -0.4 is 0 Å². The Kier molecular flexibility index (Phi) is 5.95. The molecule has 2 atom stereocenters. The average Bonchev–Trinajstić information content (AvgIpc) is 2.95. The molecule has 3 rings (SSSR count).